The molecule has 14 nitrogen and oxygen atoms in total. The van der Waals surface area contributed by atoms with Crippen LogP contribution < -0.4 is 16.4 Å². The van der Waals surface area contributed by atoms with E-state index >= 15 is 0 Å². The normalized spacial score (nSPS) is 11.5. The lowest BCUT2D eigenvalue weighted by molar-refractivity contribution is 0.0995. The van der Waals surface area contributed by atoms with Crippen LogP contribution in [0.3, 0.4) is 0 Å². The summed E-state index contributed by atoms with van der Waals surface area (Å²) in [7, 11) is 1.83. The quantitative estimate of drug-likeness (QED) is 0.142. The molecule has 0 unspecified atom stereocenters. The average molecular weight is 706 g/mol. The standard InChI is InChI=1S/C36H36ClN11O3/c1-5-48-29(15-21(3)44-48)34(51)43-35-41-27-16-22(31(38)49)11-12-28(27)46(35)13-6-7-14-47-30-20(2)9-8-10-26(30)40-36(47)42-33(50)25-19-45(4)32-24(25)17-23(37)18-39-32/h8-12,15-19H,5-7,13-14H2,1-4H3,(H2,38,49)(H,40,42,50)(H,41,43,51). The maximum Gasteiger partial charge on any atom is 0.276 e. The fourth-order valence-electron chi connectivity index (χ4n) is 6.54. The van der Waals surface area contributed by atoms with E-state index in [0.29, 0.717) is 82.8 Å². The van der Waals surface area contributed by atoms with E-state index in [4.69, 9.17) is 22.3 Å². The molecular weight excluding hydrogens is 670 g/mol. The number of rotatable bonds is 11. The van der Waals surface area contributed by atoms with Crippen LogP contribution in [-0.2, 0) is 26.7 Å². The van der Waals surface area contributed by atoms with E-state index < -0.39 is 5.91 Å². The van der Waals surface area contributed by atoms with Gasteiger partial charge in [-0.3, -0.25) is 29.7 Å². The zero-order chi connectivity index (χ0) is 36.0. The van der Waals surface area contributed by atoms with Crippen LogP contribution in [0.4, 0.5) is 11.9 Å². The van der Waals surface area contributed by atoms with Gasteiger partial charge in [0.2, 0.25) is 17.8 Å². The number of halogens is 1. The number of imidazole rings is 2. The van der Waals surface area contributed by atoms with Gasteiger partial charge in [0.1, 0.15) is 11.3 Å². The van der Waals surface area contributed by atoms with E-state index in [-0.39, 0.29) is 11.8 Å². The first-order valence-electron chi connectivity index (χ1n) is 16.6. The summed E-state index contributed by atoms with van der Waals surface area (Å²) in [4.78, 5) is 52.9. The molecule has 5 heterocycles. The largest absolute Gasteiger partial charge is 0.366 e. The van der Waals surface area contributed by atoms with Gasteiger partial charge in [0.05, 0.1) is 38.3 Å². The van der Waals surface area contributed by atoms with Crippen molar-refractivity contribution in [1.82, 2.24) is 38.4 Å². The van der Waals surface area contributed by atoms with Crippen molar-refractivity contribution >= 4 is 74.3 Å². The van der Waals surface area contributed by atoms with Crippen LogP contribution >= 0.6 is 11.6 Å². The molecule has 15 heteroatoms. The number of anilines is 2. The molecule has 0 atom stereocenters. The number of para-hydroxylation sites is 1. The third kappa shape index (κ3) is 6.29. The third-order valence-corrected chi connectivity index (χ3v) is 9.13. The maximum absolute atomic E-state index is 13.7. The van der Waals surface area contributed by atoms with Crippen molar-refractivity contribution in [2.24, 2.45) is 12.8 Å². The Morgan fingerprint density at radius 2 is 1.63 bits per heavy atom. The van der Waals surface area contributed by atoms with Gasteiger partial charge in [-0.05, 0) is 75.6 Å². The van der Waals surface area contributed by atoms with Crippen LogP contribution in [0.2, 0.25) is 5.02 Å². The number of benzene rings is 2. The van der Waals surface area contributed by atoms with Gasteiger partial charge in [-0.2, -0.15) is 5.10 Å². The zero-order valence-electron chi connectivity index (χ0n) is 28.6. The van der Waals surface area contributed by atoms with Gasteiger partial charge in [-0.1, -0.05) is 23.7 Å². The van der Waals surface area contributed by atoms with E-state index in [1.807, 2.05) is 55.2 Å². The van der Waals surface area contributed by atoms with Crippen molar-refractivity contribution in [3.05, 3.63) is 94.0 Å². The van der Waals surface area contributed by atoms with Crippen molar-refractivity contribution in [3.8, 4) is 0 Å². The Morgan fingerprint density at radius 1 is 0.902 bits per heavy atom. The Bertz CT molecular complexity index is 2500. The molecule has 0 radical (unpaired) electrons. The number of hydrogen-bond acceptors (Lipinski definition) is 7. The predicted molar refractivity (Wildman–Crippen MR) is 196 cm³/mol. The van der Waals surface area contributed by atoms with Gasteiger partial charge in [0.25, 0.3) is 11.8 Å². The molecule has 3 amide bonds. The molecule has 0 saturated heterocycles. The molecular formula is C36H36ClN11O3. The number of unbranched alkanes of at least 4 members (excludes halogenated alkanes) is 1. The zero-order valence-corrected chi connectivity index (χ0v) is 29.3. The highest BCUT2D eigenvalue weighted by molar-refractivity contribution is 6.31. The molecule has 2 aromatic carbocycles. The maximum atomic E-state index is 13.7. The lowest BCUT2D eigenvalue weighted by Gasteiger charge is -2.13. The minimum absolute atomic E-state index is 0.320. The van der Waals surface area contributed by atoms with Crippen molar-refractivity contribution in [1.29, 1.82) is 0 Å². The molecule has 0 bridgehead atoms. The highest BCUT2D eigenvalue weighted by atomic mass is 35.5. The number of aryl methyl sites for hydroxylation is 6. The van der Waals surface area contributed by atoms with E-state index in [0.717, 1.165) is 27.8 Å². The lowest BCUT2D eigenvalue weighted by atomic mass is 10.2. The minimum Gasteiger partial charge on any atom is -0.366 e. The number of primary amides is 1. The molecule has 51 heavy (non-hydrogen) atoms. The van der Waals surface area contributed by atoms with Crippen LogP contribution in [0.25, 0.3) is 33.1 Å². The molecule has 4 N–H and O–H groups in total. The SMILES string of the molecule is CCn1nc(C)cc1C(=O)Nc1nc2cc(C(N)=O)ccc2n1CCCCn1c(NC(=O)c2cn(C)c3ncc(Cl)cc23)nc2cccc(C)c21. The van der Waals surface area contributed by atoms with Gasteiger partial charge in [-0.25, -0.2) is 15.0 Å². The molecule has 0 aliphatic rings. The second-order valence-corrected chi connectivity index (χ2v) is 12.9. The number of hydrogen-bond donors (Lipinski definition) is 3. The number of carbonyl (C=O) groups excluding carboxylic acids is 3. The number of nitrogens with zero attached hydrogens (tertiary/aromatic N) is 8. The molecule has 7 rings (SSSR count). The molecule has 0 saturated carbocycles. The summed E-state index contributed by atoms with van der Waals surface area (Å²) in [5, 5.41) is 11.5. The molecule has 0 fully saturated rings. The topological polar surface area (TPSA) is 173 Å². The summed E-state index contributed by atoms with van der Waals surface area (Å²) < 4.78 is 7.39. The highest BCUT2D eigenvalue weighted by Gasteiger charge is 2.21. The monoisotopic (exact) mass is 705 g/mol. The van der Waals surface area contributed by atoms with Gasteiger partial charge in [0.15, 0.2) is 0 Å². The Morgan fingerprint density at radius 3 is 2.39 bits per heavy atom. The number of nitrogens with one attached hydrogen (secondary N) is 2. The Labute approximate surface area is 297 Å². The Balaban J connectivity index is 1.15. The van der Waals surface area contributed by atoms with Gasteiger partial charge < -0.3 is 19.4 Å². The highest BCUT2D eigenvalue weighted by Crippen LogP contribution is 2.28. The van der Waals surface area contributed by atoms with Gasteiger partial charge >= 0.3 is 0 Å². The lowest BCUT2D eigenvalue weighted by Crippen LogP contribution is -2.20. The molecule has 7 aromatic rings. The summed E-state index contributed by atoms with van der Waals surface area (Å²) >= 11 is 6.23. The molecule has 5 aromatic heterocycles. The summed E-state index contributed by atoms with van der Waals surface area (Å²) in [6.45, 7) is 7.36. The number of fused-ring (bicyclic) bond motifs is 3. The predicted octanol–water partition coefficient (Wildman–Crippen LogP) is 5.84. The smallest absolute Gasteiger partial charge is 0.276 e. The van der Waals surface area contributed by atoms with Crippen molar-refractivity contribution < 1.29 is 14.4 Å². The Hall–Kier alpha value is -6.02. The van der Waals surface area contributed by atoms with Crippen LogP contribution in [0, 0.1) is 13.8 Å². The number of pyridine rings is 1. The molecule has 0 spiro atoms. The van der Waals surface area contributed by atoms with Gasteiger partial charge in [0, 0.05) is 50.0 Å². The molecule has 260 valence electrons. The van der Waals surface area contributed by atoms with Crippen molar-refractivity contribution in [3.63, 3.8) is 0 Å². The van der Waals surface area contributed by atoms with Crippen LogP contribution in [0.15, 0.2) is 60.9 Å². The first-order valence-corrected chi connectivity index (χ1v) is 16.9. The number of aromatic nitrogens is 8. The summed E-state index contributed by atoms with van der Waals surface area (Å²) in [6, 6.07) is 14.4. The van der Waals surface area contributed by atoms with Gasteiger partial charge in [-0.15, -0.1) is 0 Å². The fraction of sp³-hybridized carbons (Fsp3) is 0.250. The average Bonchev–Trinajstić information content (AvgIpc) is 3.84. The Kier molecular flexibility index (Phi) is 8.77. The first kappa shape index (κ1) is 33.5. The second kappa shape index (κ2) is 13.4. The van der Waals surface area contributed by atoms with Crippen LogP contribution in [0.5, 0.6) is 0 Å². The summed E-state index contributed by atoms with van der Waals surface area (Å²) in [5.74, 6) is -0.446. The van der Waals surface area contributed by atoms with Crippen LogP contribution in [-0.4, -0.2) is 56.2 Å². The third-order valence-electron chi connectivity index (χ3n) is 8.92. The van der Waals surface area contributed by atoms with E-state index in [1.165, 1.54) is 0 Å². The minimum atomic E-state index is -0.564. The number of amides is 3. The summed E-state index contributed by atoms with van der Waals surface area (Å²) in [6.07, 6.45) is 4.67. The van der Waals surface area contributed by atoms with E-state index in [2.05, 4.69) is 25.7 Å². The second-order valence-electron chi connectivity index (χ2n) is 12.5. The fourth-order valence-corrected chi connectivity index (χ4v) is 6.70. The van der Waals surface area contributed by atoms with Crippen LogP contribution in [0.1, 0.15) is 62.2 Å². The summed E-state index contributed by atoms with van der Waals surface area (Å²) in [5.41, 5.74) is 12.1. The number of carbonyl (C=O) groups is 3. The van der Waals surface area contributed by atoms with E-state index in [1.54, 1.807) is 52.0 Å². The molecule has 0 aliphatic carbocycles. The van der Waals surface area contributed by atoms with E-state index in [9.17, 15) is 14.4 Å². The van der Waals surface area contributed by atoms with Crippen molar-refractivity contribution in [2.75, 3.05) is 10.6 Å². The number of nitrogens with two attached hydrogens (primary N) is 1. The van der Waals surface area contributed by atoms with Crippen molar-refractivity contribution in [2.45, 2.75) is 53.2 Å². The first-order chi connectivity index (χ1) is 24.5. The molecule has 0 aliphatic heterocycles.